The van der Waals surface area contributed by atoms with Crippen molar-refractivity contribution in [3.63, 3.8) is 0 Å². The van der Waals surface area contributed by atoms with E-state index in [9.17, 15) is 23.6 Å². The number of carbonyl (C=O) groups is 4. The van der Waals surface area contributed by atoms with Gasteiger partial charge in [0.2, 0.25) is 5.91 Å². The third-order valence-corrected chi connectivity index (χ3v) is 4.71. The second-order valence-electron chi connectivity index (χ2n) is 6.47. The zero-order valence-corrected chi connectivity index (χ0v) is 16.3. The van der Waals surface area contributed by atoms with Crippen LogP contribution in [0.5, 0.6) is 0 Å². The molecule has 1 heterocycles. The summed E-state index contributed by atoms with van der Waals surface area (Å²) in [7, 11) is 0. The molecule has 156 valence electrons. The third-order valence-electron chi connectivity index (χ3n) is 4.38. The van der Waals surface area contributed by atoms with Crippen molar-refractivity contribution < 1.29 is 28.3 Å². The molecular formula is C20H17ClFN3O5. The van der Waals surface area contributed by atoms with Gasteiger partial charge in [0, 0.05) is 18.7 Å². The largest absolute Gasteiger partial charge is 0.455 e. The molecule has 2 aromatic carbocycles. The summed E-state index contributed by atoms with van der Waals surface area (Å²) < 4.78 is 18.0. The number of hydrazine groups is 1. The Bertz CT molecular complexity index is 983. The minimum atomic E-state index is -0.761. The van der Waals surface area contributed by atoms with E-state index in [2.05, 4.69) is 10.9 Å². The number of benzene rings is 2. The Morgan fingerprint density at radius 1 is 1.10 bits per heavy atom. The van der Waals surface area contributed by atoms with Crippen LogP contribution in [0, 0.1) is 11.7 Å². The van der Waals surface area contributed by atoms with Crippen molar-refractivity contribution in [3.05, 3.63) is 64.9 Å². The Hall–Kier alpha value is -3.46. The fraction of sp³-hybridized carbons (Fsp3) is 0.200. The molecule has 0 spiro atoms. The molecule has 1 saturated heterocycles. The normalized spacial score (nSPS) is 15.6. The van der Waals surface area contributed by atoms with Crippen molar-refractivity contribution >= 4 is 41.0 Å². The second-order valence-corrected chi connectivity index (χ2v) is 6.88. The SMILES string of the molecule is O=C(COC(=O)[C@@H]1CC(=O)N(c2ccc(F)cc2)C1)NNC(=O)c1ccccc1Cl. The highest BCUT2D eigenvalue weighted by atomic mass is 35.5. The first-order valence-corrected chi connectivity index (χ1v) is 9.29. The molecule has 2 N–H and O–H groups in total. The van der Waals surface area contributed by atoms with Crippen LogP contribution in [0.25, 0.3) is 0 Å². The molecule has 0 unspecified atom stereocenters. The van der Waals surface area contributed by atoms with Crippen molar-refractivity contribution in [2.24, 2.45) is 5.92 Å². The molecule has 2 aromatic rings. The second kappa shape index (κ2) is 9.36. The maximum Gasteiger partial charge on any atom is 0.311 e. The predicted octanol–water partition coefficient (Wildman–Crippen LogP) is 1.84. The summed E-state index contributed by atoms with van der Waals surface area (Å²) in [6.45, 7) is -0.572. The van der Waals surface area contributed by atoms with Crippen LogP contribution in [-0.4, -0.2) is 36.8 Å². The molecule has 0 aromatic heterocycles. The van der Waals surface area contributed by atoms with Crippen LogP contribution >= 0.6 is 11.6 Å². The lowest BCUT2D eigenvalue weighted by Gasteiger charge is -2.16. The Kier molecular flexibility index (Phi) is 6.63. The Balaban J connectivity index is 1.45. The monoisotopic (exact) mass is 433 g/mol. The maximum atomic E-state index is 13.0. The van der Waals surface area contributed by atoms with E-state index in [1.807, 2.05) is 0 Å². The fourth-order valence-electron chi connectivity index (χ4n) is 2.87. The zero-order valence-electron chi connectivity index (χ0n) is 15.6. The fourth-order valence-corrected chi connectivity index (χ4v) is 3.09. The quantitative estimate of drug-likeness (QED) is 0.553. The lowest BCUT2D eigenvalue weighted by atomic mass is 10.1. The van der Waals surface area contributed by atoms with E-state index in [4.69, 9.17) is 16.3 Å². The molecule has 30 heavy (non-hydrogen) atoms. The molecular weight excluding hydrogens is 417 g/mol. The van der Waals surface area contributed by atoms with E-state index >= 15 is 0 Å². The van der Waals surface area contributed by atoms with Gasteiger partial charge in [-0.25, -0.2) is 4.39 Å². The average Bonchev–Trinajstić information content (AvgIpc) is 3.13. The number of hydrogen-bond acceptors (Lipinski definition) is 5. The summed E-state index contributed by atoms with van der Waals surface area (Å²) in [5.41, 5.74) is 4.92. The molecule has 1 fully saturated rings. The van der Waals surface area contributed by atoms with Crippen LogP contribution in [0.15, 0.2) is 48.5 Å². The Morgan fingerprint density at radius 3 is 2.50 bits per heavy atom. The molecule has 0 saturated carbocycles. The molecule has 3 amide bonds. The van der Waals surface area contributed by atoms with Crippen LogP contribution in [0.1, 0.15) is 16.8 Å². The van der Waals surface area contributed by atoms with Gasteiger partial charge in [0.05, 0.1) is 16.5 Å². The molecule has 0 radical (unpaired) electrons. The number of esters is 1. The highest BCUT2D eigenvalue weighted by Crippen LogP contribution is 2.26. The minimum absolute atomic E-state index is 0.0637. The van der Waals surface area contributed by atoms with E-state index in [-0.39, 0.29) is 29.5 Å². The van der Waals surface area contributed by atoms with Crippen molar-refractivity contribution in [1.29, 1.82) is 0 Å². The summed E-state index contributed by atoms with van der Waals surface area (Å²) in [4.78, 5) is 49.5. The van der Waals surface area contributed by atoms with E-state index in [0.717, 1.165) is 0 Å². The molecule has 0 aliphatic carbocycles. The molecule has 1 aliphatic heterocycles. The molecule has 3 rings (SSSR count). The van der Waals surface area contributed by atoms with Gasteiger partial charge in [0.1, 0.15) is 5.82 Å². The first-order valence-electron chi connectivity index (χ1n) is 8.91. The van der Waals surface area contributed by atoms with Crippen molar-refractivity contribution in [2.75, 3.05) is 18.1 Å². The molecule has 0 bridgehead atoms. The Labute approximate surface area is 175 Å². The van der Waals surface area contributed by atoms with E-state index in [1.165, 1.54) is 41.3 Å². The smallest absolute Gasteiger partial charge is 0.311 e. The van der Waals surface area contributed by atoms with Crippen LogP contribution < -0.4 is 15.8 Å². The van der Waals surface area contributed by atoms with Gasteiger partial charge in [-0.1, -0.05) is 23.7 Å². The highest BCUT2D eigenvalue weighted by molar-refractivity contribution is 6.33. The van der Waals surface area contributed by atoms with Gasteiger partial charge in [0.15, 0.2) is 6.61 Å². The molecule has 8 nitrogen and oxygen atoms in total. The highest BCUT2D eigenvalue weighted by Gasteiger charge is 2.36. The van der Waals surface area contributed by atoms with E-state index in [0.29, 0.717) is 5.69 Å². The number of nitrogens with one attached hydrogen (secondary N) is 2. The van der Waals surface area contributed by atoms with E-state index in [1.54, 1.807) is 12.1 Å². The number of halogens is 2. The minimum Gasteiger partial charge on any atom is -0.455 e. The van der Waals surface area contributed by atoms with Crippen LogP contribution in [0.4, 0.5) is 10.1 Å². The summed E-state index contributed by atoms with van der Waals surface area (Å²) in [5, 5.41) is 0.215. The van der Waals surface area contributed by atoms with Gasteiger partial charge in [0.25, 0.3) is 11.8 Å². The third kappa shape index (κ3) is 5.12. The number of hydrogen-bond donors (Lipinski definition) is 2. The van der Waals surface area contributed by atoms with Crippen molar-refractivity contribution in [2.45, 2.75) is 6.42 Å². The van der Waals surface area contributed by atoms with Crippen LogP contribution in [-0.2, 0) is 19.1 Å². The van der Waals surface area contributed by atoms with Gasteiger partial charge >= 0.3 is 5.97 Å². The molecule has 1 aliphatic rings. The van der Waals surface area contributed by atoms with Crippen LogP contribution in [0.2, 0.25) is 5.02 Å². The predicted molar refractivity (Wildman–Crippen MR) is 105 cm³/mol. The lowest BCUT2D eigenvalue weighted by molar-refractivity contribution is -0.152. The topological polar surface area (TPSA) is 105 Å². The number of nitrogens with zero attached hydrogens (tertiary/aromatic N) is 1. The van der Waals surface area contributed by atoms with Gasteiger partial charge in [-0.2, -0.15) is 0 Å². The van der Waals surface area contributed by atoms with Gasteiger partial charge in [-0.15, -0.1) is 0 Å². The standard InChI is InChI=1S/C20H17ClFN3O5/c21-16-4-2-1-3-15(16)19(28)24-23-17(26)11-30-20(29)12-9-18(27)25(10-12)14-7-5-13(22)6-8-14/h1-8,12H,9-11H2,(H,23,26)(H,24,28)/t12-/m1/s1. The van der Waals surface area contributed by atoms with Gasteiger partial charge < -0.3 is 9.64 Å². The van der Waals surface area contributed by atoms with Gasteiger partial charge in [-0.05, 0) is 36.4 Å². The number of anilines is 1. The van der Waals surface area contributed by atoms with Crippen molar-refractivity contribution in [1.82, 2.24) is 10.9 Å². The first-order chi connectivity index (χ1) is 14.3. The number of rotatable bonds is 5. The van der Waals surface area contributed by atoms with Crippen molar-refractivity contribution in [3.8, 4) is 0 Å². The summed E-state index contributed by atoms with van der Waals surface area (Å²) in [6.07, 6.45) is -0.0823. The summed E-state index contributed by atoms with van der Waals surface area (Å²) >= 11 is 5.89. The maximum absolute atomic E-state index is 13.0. The van der Waals surface area contributed by atoms with E-state index < -0.39 is 36.1 Å². The Morgan fingerprint density at radius 2 is 1.80 bits per heavy atom. The zero-order chi connectivity index (χ0) is 21.7. The molecule has 1 atom stereocenters. The lowest BCUT2D eigenvalue weighted by Crippen LogP contribution is -2.44. The van der Waals surface area contributed by atoms with Gasteiger partial charge in [-0.3, -0.25) is 30.0 Å². The number of ether oxygens (including phenoxy) is 1. The summed E-state index contributed by atoms with van der Waals surface area (Å²) in [6, 6.07) is 11.6. The average molecular weight is 434 g/mol. The van der Waals surface area contributed by atoms with Crippen LogP contribution in [0.3, 0.4) is 0 Å². The first kappa shape index (κ1) is 21.3. The number of carbonyl (C=O) groups excluding carboxylic acids is 4. The molecule has 10 heteroatoms. The summed E-state index contributed by atoms with van der Waals surface area (Å²) in [5.74, 6) is -3.61. The number of amides is 3.